The number of carbonyl (C=O) groups is 2. The van der Waals surface area contributed by atoms with Crippen LogP contribution in [0.4, 0.5) is 4.79 Å². The molecule has 6 heteroatoms. The molecule has 6 nitrogen and oxygen atoms in total. The van der Waals surface area contributed by atoms with Crippen LogP contribution < -0.4 is 10.6 Å². The molecule has 0 aliphatic carbocycles. The number of carboxylic acid groups (broad SMARTS) is 1. The van der Waals surface area contributed by atoms with Gasteiger partial charge in [-0.05, 0) is 18.3 Å². The van der Waals surface area contributed by atoms with E-state index in [-0.39, 0.29) is 24.4 Å². The summed E-state index contributed by atoms with van der Waals surface area (Å²) in [5.74, 6) is -0.877. The largest absolute Gasteiger partial charge is 0.481 e. The Kier molecular flexibility index (Phi) is 7.35. The van der Waals surface area contributed by atoms with Gasteiger partial charge in [0.2, 0.25) is 0 Å². The Bertz CT molecular complexity index is 274. The molecule has 0 heterocycles. The Morgan fingerprint density at radius 2 is 1.83 bits per heavy atom. The first kappa shape index (κ1) is 16.7. The number of urea groups is 1. The Labute approximate surface area is 108 Å². The average Bonchev–Trinajstić information content (AvgIpc) is 2.19. The van der Waals surface area contributed by atoms with Crippen molar-refractivity contribution in [1.29, 1.82) is 0 Å². The fourth-order valence-corrected chi connectivity index (χ4v) is 1.49. The van der Waals surface area contributed by atoms with E-state index in [1.807, 2.05) is 20.8 Å². The molecule has 0 aromatic rings. The van der Waals surface area contributed by atoms with E-state index in [9.17, 15) is 14.7 Å². The Hall–Kier alpha value is -1.30. The summed E-state index contributed by atoms with van der Waals surface area (Å²) in [6.45, 7) is 6.56. The Balaban J connectivity index is 3.61. The van der Waals surface area contributed by atoms with Crippen molar-refractivity contribution in [3.05, 3.63) is 0 Å². The molecule has 0 spiro atoms. The monoisotopic (exact) mass is 260 g/mol. The summed E-state index contributed by atoms with van der Waals surface area (Å²) in [6, 6.07) is -0.381. The summed E-state index contributed by atoms with van der Waals surface area (Å²) in [7, 11) is 0. The van der Waals surface area contributed by atoms with Crippen LogP contribution in [-0.4, -0.2) is 41.4 Å². The van der Waals surface area contributed by atoms with E-state index >= 15 is 0 Å². The van der Waals surface area contributed by atoms with Crippen molar-refractivity contribution in [2.45, 2.75) is 46.1 Å². The normalized spacial score (nSPS) is 12.9. The number of nitrogens with one attached hydrogen (secondary N) is 2. The lowest BCUT2D eigenvalue weighted by Crippen LogP contribution is -2.41. The second-order valence-electron chi connectivity index (χ2n) is 5.55. The van der Waals surface area contributed by atoms with Gasteiger partial charge in [0.1, 0.15) is 0 Å². The van der Waals surface area contributed by atoms with Crippen molar-refractivity contribution in [3.63, 3.8) is 0 Å². The molecule has 4 N–H and O–H groups in total. The van der Waals surface area contributed by atoms with E-state index in [4.69, 9.17) is 5.11 Å². The van der Waals surface area contributed by atoms with Gasteiger partial charge in [-0.15, -0.1) is 0 Å². The van der Waals surface area contributed by atoms with E-state index in [0.717, 1.165) is 0 Å². The highest BCUT2D eigenvalue weighted by molar-refractivity contribution is 5.73. The molecule has 18 heavy (non-hydrogen) atoms. The predicted molar refractivity (Wildman–Crippen MR) is 68.4 cm³/mol. The van der Waals surface area contributed by atoms with E-state index in [1.54, 1.807) is 0 Å². The minimum atomic E-state index is -0.877. The van der Waals surface area contributed by atoms with Gasteiger partial charge in [0.25, 0.3) is 0 Å². The highest BCUT2D eigenvalue weighted by atomic mass is 16.4. The van der Waals surface area contributed by atoms with Crippen LogP contribution >= 0.6 is 0 Å². The molecule has 0 saturated heterocycles. The van der Waals surface area contributed by atoms with Crippen LogP contribution in [0.25, 0.3) is 0 Å². The van der Waals surface area contributed by atoms with E-state index in [2.05, 4.69) is 10.6 Å². The fourth-order valence-electron chi connectivity index (χ4n) is 1.49. The second-order valence-corrected chi connectivity index (χ2v) is 5.55. The molecule has 0 bridgehead atoms. The molecule has 0 fully saturated rings. The van der Waals surface area contributed by atoms with Crippen LogP contribution in [-0.2, 0) is 4.79 Å². The van der Waals surface area contributed by atoms with Crippen LogP contribution in [0.2, 0.25) is 0 Å². The predicted octanol–water partition coefficient (Wildman–Crippen LogP) is 0.947. The van der Waals surface area contributed by atoms with Gasteiger partial charge in [0, 0.05) is 19.5 Å². The molecule has 106 valence electrons. The van der Waals surface area contributed by atoms with Crippen LogP contribution in [0.5, 0.6) is 0 Å². The molecule has 0 aliphatic heterocycles. The molecule has 0 aromatic heterocycles. The molecule has 1 unspecified atom stereocenters. The van der Waals surface area contributed by atoms with Crippen molar-refractivity contribution in [2.24, 2.45) is 5.41 Å². The summed E-state index contributed by atoms with van der Waals surface area (Å²) < 4.78 is 0. The molecule has 0 rings (SSSR count). The fraction of sp³-hybridized carbons (Fsp3) is 0.833. The van der Waals surface area contributed by atoms with Crippen LogP contribution in [0.15, 0.2) is 0 Å². The van der Waals surface area contributed by atoms with Crippen molar-refractivity contribution in [1.82, 2.24) is 10.6 Å². The zero-order chi connectivity index (χ0) is 14.2. The maximum atomic E-state index is 11.3. The van der Waals surface area contributed by atoms with Gasteiger partial charge in [0.15, 0.2) is 0 Å². The highest BCUT2D eigenvalue weighted by Gasteiger charge is 2.16. The molecule has 1 atom stereocenters. The quantitative estimate of drug-likeness (QED) is 0.512. The number of aliphatic carboxylic acids is 1. The molecule has 0 aliphatic rings. The van der Waals surface area contributed by atoms with Gasteiger partial charge < -0.3 is 20.8 Å². The number of carboxylic acids is 1. The molecule has 0 radical (unpaired) electrons. The van der Waals surface area contributed by atoms with E-state index in [0.29, 0.717) is 19.4 Å². The Morgan fingerprint density at radius 1 is 1.22 bits per heavy atom. The first-order valence-electron chi connectivity index (χ1n) is 6.12. The van der Waals surface area contributed by atoms with E-state index in [1.165, 1.54) is 0 Å². The van der Waals surface area contributed by atoms with Crippen molar-refractivity contribution >= 4 is 12.0 Å². The maximum Gasteiger partial charge on any atom is 0.314 e. The first-order valence-corrected chi connectivity index (χ1v) is 6.12. The lowest BCUT2D eigenvalue weighted by Gasteiger charge is -2.22. The summed E-state index contributed by atoms with van der Waals surface area (Å²) in [4.78, 5) is 21.5. The van der Waals surface area contributed by atoms with Crippen LogP contribution in [0, 0.1) is 5.41 Å². The summed E-state index contributed by atoms with van der Waals surface area (Å²) in [6.07, 6.45) is 0.460. The minimum Gasteiger partial charge on any atom is -0.481 e. The number of hydrogen-bond acceptors (Lipinski definition) is 3. The summed E-state index contributed by atoms with van der Waals surface area (Å²) in [5.41, 5.74) is 0.0130. The maximum absolute atomic E-state index is 11.3. The minimum absolute atomic E-state index is 0.0130. The topological polar surface area (TPSA) is 98.7 Å². The van der Waals surface area contributed by atoms with Crippen LogP contribution in [0.3, 0.4) is 0 Å². The zero-order valence-electron chi connectivity index (χ0n) is 11.3. The Morgan fingerprint density at radius 3 is 2.33 bits per heavy atom. The lowest BCUT2D eigenvalue weighted by molar-refractivity contribution is -0.137. The highest BCUT2D eigenvalue weighted by Crippen LogP contribution is 2.20. The molecular formula is C12H24N2O4. The van der Waals surface area contributed by atoms with Gasteiger partial charge >= 0.3 is 12.0 Å². The second kappa shape index (κ2) is 7.92. The van der Waals surface area contributed by atoms with E-state index < -0.39 is 12.1 Å². The van der Waals surface area contributed by atoms with Crippen molar-refractivity contribution < 1.29 is 19.8 Å². The molecule has 0 aromatic carbocycles. The standard InChI is InChI=1S/C12H24N2O4/c1-12(2,3)7-9(15)8-14-11(18)13-6-4-5-10(16)17/h9,15H,4-8H2,1-3H3,(H,16,17)(H2,13,14,18). The van der Waals surface area contributed by atoms with Gasteiger partial charge in [-0.1, -0.05) is 20.8 Å². The third kappa shape index (κ3) is 11.2. The zero-order valence-corrected chi connectivity index (χ0v) is 11.3. The molecule has 2 amide bonds. The number of aliphatic hydroxyl groups excluding tert-OH is 1. The first-order chi connectivity index (χ1) is 8.20. The number of hydrogen-bond donors (Lipinski definition) is 4. The molecular weight excluding hydrogens is 236 g/mol. The van der Waals surface area contributed by atoms with Crippen LogP contribution in [0.1, 0.15) is 40.0 Å². The smallest absolute Gasteiger partial charge is 0.314 e. The summed E-state index contributed by atoms with van der Waals surface area (Å²) >= 11 is 0. The third-order valence-electron chi connectivity index (χ3n) is 2.20. The lowest BCUT2D eigenvalue weighted by atomic mass is 9.89. The SMILES string of the molecule is CC(C)(C)CC(O)CNC(=O)NCCCC(=O)O. The van der Waals surface area contributed by atoms with Gasteiger partial charge in [-0.25, -0.2) is 4.79 Å². The number of aliphatic hydroxyl groups is 1. The number of rotatable bonds is 7. The van der Waals surface area contributed by atoms with Gasteiger partial charge in [0.05, 0.1) is 6.10 Å². The number of amides is 2. The van der Waals surface area contributed by atoms with Crippen molar-refractivity contribution in [2.75, 3.05) is 13.1 Å². The summed E-state index contributed by atoms with van der Waals surface area (Å²) in [5, 5.41) is 23.1. The third-order valence-corrected chi connectivity index (χ3v) is 2.20. The molecule has 0 saturated carbocycles. The number of carbonyl (C=O) groups excluding carboxylic acids is 1. The van der Waals surface area contributed by atoms with Gasteiger partial charge in [-0.3, -0.25) is 4.79 Å². The van der Waals surface area contributed by atoms with Crippen molar-refractivity contribution in [3.8, 4) is 0 Å². The van der Waals surface area contributed by atoms with Gasteiger partial charge in [-0.2, -0.15) is 0 Å². The average molecular weight is 260 g/mol.